The molecule has 0 radical (unpaired) electrons. The molecule has 4 aromatic rings. The van der Waals surface area contributed by atoms with Gasteiger partial charge in [-0.05, 0) is 47.5 Å². The van der Waals surface area contributed by atoms with Crippen molar-refractivity contribution in [1.82, 2.24) is 19.7 Å². The van der Waals surface area contributed by atoms with Crippen LogP contribution in [0.4, 0.5) is 17.6 Å². The summed E-state index contributed by atoms with van der Waals surface area (Å²) in [6.07, 6.45) is -3.39. The molecule has 0 N–H and O–H groups in total. The minimum atomic E-state index is -4.56. The lowest BCUT2D eigenvalue weighted by Gasteiger charge is -2.28. The van der Waals surface area contributed by atoms with Crippen LogP contribution in [0.3, 0.4) is 0 Å². The van der Waals surface area contributed by atoms with Gasteiger partial charge in [-0.25, -0.2) is 4.39 Å². The molecular formula is C25H20F4N4. The van der Waals surface area contributed by atoms with Gasteiger partial charge < -0.3 is 0 Å². The summed E-state index contributed by atoms with van der Waals surface area (Å²) in [5.74, 6) is -0.387. The predicted octanol–water partition coefficient (Wildman–Crippen LogP) is 5.79. The van der Waals surface area contributed by atoms with Gasteiger partial charge in [-0.2, -0.15) is 18.3 Å². The highest BCUT2D eigenvalue weighted by Crippen LogP contribution is 2.38. The van der Waals surface area contributed by atoms with Crippen molar-refractivity contribution in [1.29, 1.82) is 0 Å². The van der Waals surface area contributed by atoms with Gasteiger partial charge in [0.15, 0.2) is 0 Å². The average Bonchev–Trinajstić information content (AvgIpc) is 3.18. The van der Waals surface area contributed by atoms with Crippen LogP contribution in [0.25, 0.3) is 22.4 Å². The van der Waals surface area contributed by atoms with Crippen LogP contribution in [0.5, 0.6) is 0 Å². The van der Waals surface area contributed by atoms with Crippen molar-refractivity contribution in [3.8, 4) is 22.4 Å². The number of benzene rings is 2. The molecule has 2 aromatic heterocycles. The first-order valence-electron chi connectivity index (χ1n) is 10.5. The Bertz CT molecular complexity index is 1260. The Kier molecular flexibility index (Phi) is 5.46. The molecule has 0 aliphatic carbocycles. The topological polar surface area (TPSA) is 34.0 Å². The molecule has 0 atom stereocenters. The summed E-state index contributed by atoms with van der Waals surface area (Å²) in [6.45, 7) is 2.62. The fourth-order valence-corrected chi connectivity index (χ4v) is 4.20. The van der Waals surface area contributed by atoms with Gasteiger partial charge in [-0.3, -0.25) is 14.6 Å². The first-order chi connectivity index (χ1) is 15.9. The summed E-state index contributed by atoms with van der Waals surface area (Å²) in [5, 5.41) is 4.73. The largest absolute Gasteiger partial charge is 0.433 e. The maximum absolute atomic E-state index is 13.5. The number of nitrogens with zero attached hydrogens (tertiary/aromatic N) is 4. The fourth-order valence-electron chi connectivity index (χ4n) is 4.20. The Hall–Kier alpha value is -3.52. The molecule has 1 aliphatic rings. The van der Waals surface area contributed by atoms with E-state index in [0.717, 1.165) is 30.4 Å². The first kappa shape index (κ1) is 21.3. The van der Waals surface area contributed by atoms with Crippen molar-refractivity contribution < 1.29 is 17.6 Å². The number of rotatable bonds is 4. The molecule has 0 amide bonds. The van der Waals surface area contributed by atoms with Gasteiger partial charge in [0.1, 0.15) is 17.2 Å². The van der Waals surface area contributed by atoms with E-state index in [9.17, 15) is 17.6 Å². The van der Waals surface area contributed by atoms with Gasteiger partial charge in [-0.1, -0.05) is 30.3 Å². The highest BCUT2D eigenvalue weighted by atomic mass is 19.4. The molecule has 0 fully saturated rings. The van der Waals surface area contributed by atoms with E-state index in [4.69, 9.17) is 5.10 Å². The van der Waals surface area contributed by atoms with Gasteiger partial charge in [0.25, 0.3) is 0 Å². The number of aromatic nitrogens is 3. The molecule has 4 nitrogen and oxygen atoms in total. The number of alkyl halides is 3. The first-order valence-corrected chi connectivity index (χ1v) is 10.5. The SMILES string of the molecule is Fc1ccc(-c2nn3c(c2-c2ccnc(C(F)(F)F)c2)CN(Cc2ccccc2)CC3)cc1. The normalized spacial score (nSPS) is 14.3. The van der Waals surface area contributed by atoms with Crippen LogP contribution in [-0.2, 0) is 25.8 Å². The monoisotopic (exact) mass is 452 g/mol. The van der Waals surface area contributed by atoms with Gasteiger partial charge in [0, 0.05) is 37.0 Å². The summed E-state index contributed by atoms with van der Waals surface area (Å²) in [6, 6.07) is 18.5. The number of fused-ring (bicyclic) bond motifs is 1. The van der Waals surface area contributed by atoms with Crippen molar-refractivity contribution in [3.05, 3.63) is 95.7 Å². The summed E-state index contributed by atoms with van der Waals surface area (Å²) < 4.78 is 55.5. The third-order valence-electron chi connectivity index (χ3n) is 5.76. The average molecular weight is 452 g/mol. The second-order valence-corrected chi connectivity index (χ2v) is 8.02. The van der Waals surface area contributed by atoms with Crippen LogP contribution in [0.2, 0.25) is 0 Å². The Morgan fingerprint density at radius 3 is 2.36 bits per heavy atom. The van der Waals surface area contributed by atoms with E-state index in [-0.39, 0.29) is 5.82 Å². The second-order valence-electron chi connectivity index (χ2n) is 8.02. The van der Waals surface area contributed by atoms with Crippen molar-refractivity contribution in [2.24, 2.45) is 0 Å². The lowest BCUT2D eigenvalue weighted by atomic mass is 9.98. The fraction of sp³-hybridized carbons (Fsp3) is 0.200. The summed E-state index contributed by atoms with van der Waals surface area (Å²) >= 11 is 0. The van der Waals surface area contributed by atoms with Crippen LogP contribution in [0, 0.1) is 5.82 Å². The van der Waals surface area contributed by atoms with E-state index in [2.05, 4.69) is 22.0 Å². The van der Waals surface area contributed by atoms with Gasteiger partial charge >= 0.3 is 6.18 Å². The quantitative estimate of drug-likeness (QED) is 0.368. The van der Waals surface area contributed by atoms with E-state index in [1.165, 1.54) is 18.3 Å². The maximum atomic E-state index is 13.5. The van der Waals surface area contributed by atoms with Gasteiger partial charge in [0.05, 0.1) is 12.2 Å². The summed E-state index contributed by atoms with van der Waals surface area (Å²) in [5.41, 5.74) is 3.22. The predicted molar refractivity (Wildman–Crippen MR) is 116 cm³/mol. The summed E-state index contributed by atoms with van der Waals surface area (Å²) in [4.78, 5) is 5.75. The summed E-state index contributed by atoms with van der Waals surface area (Å²) in [7, 11) is 0. The van der Waals surface area contributed by atoms with Gasteiger partial charge in [-0.15, -0.1) is 0 Å². The zero-order chi connectivity index (χ0) is 23.0. The Morgan fingerprint density at radius 2 is 1.64 bits per heavy atom. The van der Waals surface area contributed by atoms with Crippen LogP contribution < -0.4 is 0 Å². The second kappa shape index (κ2) is 8.44. The molecule has 168 valence electrons. The van der Waals surface area contributed by atoms with Crippen molar-refractivity contribution in [2.45, 2.75) is 25.8 Å². The van der Waals surface area contributed by atoms with Crippen molar-refractivity contribution in [3.63, 3.8) is 0 Å². The maximum Gasteiger partial charge on any atom is 0.433 e. The van der Waals surface area contributed by atoms with Crippen LogP contribution in [0.15, 0.2) is 72.9 Å². The van der Waals surface area contributed by atoms with Crippen LogP contribution >= 0.6 is 0 Å². The van der Waals surface area contributed by atoms with Gasteiger partial charge in [0.2, 0.25) is 0 Å². The molecule has 5 rings (SSSR count). The molecule has 0 saturated carbocycles. The van der Waals surface area contributed by atoms with Crippen molar-refractivity contribution >= 4 is 0 Å². The van der Waals surface area contributed by atoms with Crippen molar-refractivity contribution in [2.75, 3.05) is 6.54 Å². The highest BCUT2D eigenvalue weighted by Gasteiger charge is 2.34. The lowest BCUT2D eigenvalue weighted by molar-refractivity contribution is -0.141. The van der Waals surface area contributed by atoms with E-state index in [1.54, 1.807) is 18.2 Å². The number of hydrogen-bond donors (Lipinski definition) is 0. The van der Waals surface area contributed by atoms with E-state index in [1.807, 2.05) is 22.9 Å². The van der Waals surface area contributed by atoms with E-state index in [0.29, 0.717) is 35.5 Å². The lowest BCUT2D eigenvalue weighted by Crippen LogP contribution is -2.33. The standard InChI is InChI=1S/C25H20F4N4/c26-20-8-6-18(7-9-20)24-23(19-10-11-30-22(14-19)25(27,28)29)21-16-32(12-13-33(21)31-24)15-17-4-2-1-3-5-17/h1-11,14H,12-13,15-16H2. The molecule has 3 heterocycles. The molecule has 0 unspecified atom stereocenters. The number of halogens is 4. The molecule has 0 spiro atoms. The molecule has 0 bridgehead atoms. The number of hydrogen-bond acceptors (Lipinski definition) is 3. The third-order valence-corrected chi connectivity index (χ3v) is 5.76. The zero-order valence-electron chi connectivity index (χ0n) is 17.6. The minimum absolute atomic E-state index is 0.387. The Labute approximate surface area is 188 Å². The Balaban J connectivity index is 1.60. The molecule has 8 heteroatoms. The minimum Gasteiger partial charge on any atom is -0.291 e. The molecule has 1 aliphatic heterocycles. The molecule has 0 saturated heterocycles. The number of pyridine rings is 1. The van der Waals surface area contributed by atoms with E-state index < -0.39 is 11.9 Å². The highest BCUT2D eigenvalue weighted by molar-refractivity contribution is 5.83. The van der Waals surface area contributed by atoms with Crippen LogP contribution in [-0.4, -0.2) is 26.2 Å². The molecule has 33 heavy (non-hydrogen) atoms. The van der Waals surface area contributed by atoms with E-state index >= 15 is 0 Å². The van der Waals surface area contributed by atoms with Crippen LogP contribution in [0.1, 0.15) is 17.0 Å². The Morgan fingerprint density at radius 1 is 0.879 bits per heavy atom. The smallest absolute Gasteiger partial charge is 0.291 e. The third kappa shape index (κ3) is 4.39. The molecule has 2 aromatic carbocycles. The molecular weight excluding hydrogens is 432 g/mol. The zero-order valence-corrected chi connectivity index (χ0v) is 17.6.